The molecule has 0 saturated carbocycles. The first-order valence-electron chi connectivity index (χ1n) is 5.68. The van der Waals surface area contributed by atoms with Crippen molar-refractivity contribution in [2.75, 3.05) is 26.7 Å². The second kappa shape index (κ2) is 5.69. The number of rotatable bonds is 4. The molecule has 0 bridgehead atoms. The molecule has 0 spiro atoms. The zero-order valence-electron chi connectivity index (χ0n) is 9.70. The lowest BCUT2D eigenvalue weighted by Crippen LogP contribution is -2.48. The topological polar surface area (TPSA) is 38.5 Å². The molecule has 0 radical (unpaired) electrons. The van der Waals surface area contributed by atoms with Gasteiger partial charge in [0.15, 0.2) is 0 Å². The molecule has 0 aromatic rings. The van der Waals surface area contributed by atoms with Gasteiger partial charge in [0.05, 0.1) is 6.10 Å². The molecule has 14 heavy (non-hydrogen) atoms. The summed E-state index contributed by atoms with van der Waals surface area (Å²) in [7, 11) is 1.78. The molecule has 1 heterocycles. The van der Waals surface area contributed by atoms with E-state index >= 15 is 0 Å². The molecule has 0 aromatic carbocycles. The lowest BCUT2D eigenvalue weighted by atomic mass is 9.90. The maximum Gasteiger partial charge on any atom is 0.0670 e. The normalized spacial score (nSPS) is 31.7. The van der Waals surface area contributed by atoms with Gasteiger partial charge in [-0.05, 0) is 25.8 Å². The van der Waals surface area contributed by atoms with E-state index in [4.69, 9.17) is 10.5 Å². The van der Waals surface area contributed by atoms with Crippen molar-refractivity contribution in [2.24, 2.45) is 11.7 Å². The molecular formula is C11H24N2O. The lowest BCUT2D eigenvalue weighted by molar-refractivity contribution is 0.0542. The van der Waals surface area contributed by atoms with Gasteiger partial charge in [0, 0.05) is 26.2 Å². The highest BCUT2D eigenvalue weighted by Gasteiger charge is 2.25. The van der Waals surface area contributed by atoms with Gasteiger partial charge in [0.1, 0.15) is 0 Å². The molecule has 0 aromatic heterocycles. The van der Waals surface area contributed by atoms with Crippen LogP contribution in [-0.2, 0) is 4.74 Å². The fourth-order valence-corrected chi connectivity index (χ4v) is 2.16. The van der Waals surface area contributed by atoms with E-state index in [1.165, 1.54) is 6.42 Å². The van der Waals surface area contributed by atoms with Crippen molar-refractivity contribution in [3.63, 3.8) is 0 Å². The van der Waals surface area contributed by atoms with E-state index < -0.39 is 0 Å². The smallest absolute Gasteiger partial charge is 0.0670 e. The number of piperidine rings is 1. The van der Waals surface area contributed by atoms with Crippen LogP contribution >= 0.6 is 0 Å². The first-order valence-corrected chi connectivity index (χ1v) is 5.68. The summed E-state index contributed by atoms with van der Waals surface area (Å²) in [5, 5.41) is 0. The van der Waals surface area contributed by atoms with Gasteiger partial charge in [-0.15, -0.1) is 0 Å². The second-order valence-electron chi connectivity index (χ2n) is 4.43. The molecule has 1 fully saturated rings. The molecular weight excluding hydrogens is 176 g/mol. The third kappa shape index (κ3) is 3.23. The van der Waals surface area contributed by atoms with Crippen molar-refractivity contribution >= 4 is 0 Å². The van der Waals surface area contributed by atoms with E-state index in [2.05, 4.69) is 18.7 Å². The predicted molar refractivity (Wildman–Crippen MR) is 59.3 cm³/mol. The van der Waals surface area contributed by atoms with Crippen LogP contribution in [0.5, 0.6) is 0 Å². The van der Waals surface area contributed by atoms with Crippen molar-refractivity contribution in [1.29, 1.82) is 0 Å². The van der Waals surface area contributed by atoms with Gasteiger partial charge in [0.25, 0.3) is 0 Å². The summed E-state index contributed by atoms with van der Waals surface area (Å²) in [4.78, 5) is 2.48. The van der Waals surface area contributed by atoms with Crippen molar-refractivity contribution in [3.8, 4) is 0 Å². The zero-order chi connectivity index (χ0) is 10.6. The van der Waals surface area contributed by atoms with Crippen LogP contribution in [0.2, 0.25) is 0 Å². The van der Waals surface area contributed by atoms with Gasteiger partial charge in [-0.25, -0.2) is 0 Å². The molecule has 0 amide bonds. The van der Waals surface area contributed by atoms with Gasteiger partial charge < -0.3 is 15.4 Å². The number of nitrogens with zero attached hydrogens (tertiary/aromatic N) is 1. The van der Waals surface area contributed by atoms with Gasteiger partial charge in [-0.1, -0.05) is 13.3 Å². The first-order chi connectivity index (χ1) is 6.67. The molecule has 1 saturated heterocycles. The minimum absolute atomic E-state index is 0.335. The zero-order valence-corrected chi connectivity index (χ0v) is 9.70. The molecule has 0 aliphatic carbocycles. The van der Waals surface area contributed by atoms with Crippen LogP contribution in [0, 0.1) is 5.92 Å². The summed E-state index contributed by atoms with van der Waals surface area (Å²) in [5.74, 6) is 0.674. The Morgan fingerprint density at radius 2 is 2.29 bits per heavy atom. The largest absolute Gasteiger partial charge is 0.380 e. The third-order valence-electron chi connectivity index (χ3n) is 3.32. The molecule has 84 valence electrons. The van der Waals surface area contributed by atoms with Gasteiger partial charge in [0.2, 0.25) is 0 Å². The fraction of sp³-hybridized carbons (Fsp3) is 1.00. The number of methoxy groups -OCH3 is 1. The number of nitrogens with two attached hydrogens (primary N) is 1. The monoisotopic (exact) mass is 200 g/mol. The van der Waals surface area contributed by atoms with E-state index in [9.17, 15) is 0 Å². The molecule has 1 aliphatic heterocycles. The number of hydrogen-bond donors (Lipinski definition) is 1. The van der Waals surface area contributed by atoms with Gasteiger partial charge in [-0.2, -0.15) is 0 Å². The summed E-state index contributed by atoms with van der Waals surface area (Å²) >= 11 is 0. The Kier molecular flexibility index (Phi) is 4.85. The highest BCUT2D eigenvalue weighted by molar-refractivity contribution is 4.82. The van der Waals surface area contributed by atoms with Crippen LogP contribution in [0.4, 0.5) is 0 Å². The number of hydrogen-bond acceptors (Lipinski definition) is 3. The Hall–Kier alpha value is -0.120. The Morgan fingerprint density at radius 3 is 2.86 bits per heavy atom. The summed E-state index contributed by atoms with van der Waals surface area (Å²) in [5.41, 5.74) is 6.06. The molecule has 1 rings (SSSR count). The van der Waals surface area contributed by atoms with E-state index in [1.54, 1.807) is 7.11 Å². The highest BCUT2D eigenvalue weighted by atomic mass is 16.5. The highest BCUT2D eigenvalue weighted by Crippen LogP contribution is 2.18. The summed E-state index contributed by atoms with van der Waals surface area (Å²) in [6, 6.07) is 0.411. The molecule has 1 aliphatic rings. The lowest BCUT2D eigenvalue weighted by Gasteiger charge is -2.37. The van der Waals surface area contributed by atoms with Gasteiger partial charge in [-0.3, -0.25) is 0 Å². The van der Waals surface area contributed by atoms with Crippen LogP contribution in [0.3, 0.4) is 0 Å². The third-order valence-corrected chi connectivity index (χ3v) is 3.32. The molecule has 2 N–H and O–H groups in total. The van der Waals surface area contributed by atoms with Crippen LogP contribution in [-0.4, -0.2) is 43.8 Å². The fourth-order valence-electron chi connectivity index (χ4n) is 2.16. The summed E-state index contributed by atoms with van der Waals surface area (Å²) in [6.07, 6.45) is 2.66. The maximum absolute atomic E-state index is 6.06. The van der Waals surface area contributed by atoms with Crippen LogP contribution < -0.4 is 5.73 Å². The van der Waals surface area contributed by atoms with E-state index in [0.29, 0.717) is 18.1 Å². The predicted octanol–water partition coefficient (Wildman–Crippen LogP) is 1.08. The average molecular weight is 200 g/mol. The van der Waals surface area contributed by atoms with Gasteiger partial charge >= 0.3 is 0 Å². The molecule has 3 nitrogen and oxygen atoms in total. The molecule has 3 heteroatoms. The molecule has 3 atom stereocenters. The van der Waals surface area contributed by atoms with Crippen molar-refractivity contribution in [1.82, 2.24) is 4.90 Å². The Labute approximate surface area is 87.6 Å². The average Bonchev–Trinajstić information content (AvgIpc) is 2.20. The number of likely N-dealkylation sites (tertiary alicyclic amines) is 1. The van der Waals surface area contributed by atoms with Crippen LogP contribution in [0.25, 0.3) is 0 Å². The van der Waals surface area contributed by atoms with Crippen molar-refractivity contribution in [2.45, 2.75) is 38.8 Å². The maximum atomic E-state index is 6.06. The Bertz CT molecular complexity index is 163. The van der Waals surface area contributed by atoms with Crippen molar-refractivity contribution in [3.05, 3.63) is 0 Å². The summed E-state index contributed by atoms with van der Waals surface area (Å²) in [6.45, 7) is 7.67. The second-order valence-corrected chi connectivity index (χ2v) is 4.43. The SMILES string of the molecule is CCC1CN(CC(C)OC)CCC1N. The van der Waals surface area contributed by atoms with E-state index in [1.807, 2.05) is 0 Å². The quantitative estimate of drug-likeness (QED) is 0.738. The van der Waals surface area contributed by atoms with Crippen LogP contribution in [0.15, 0.2) is 0 Å². The standard InChI is InChI=1S/C11H24N2O/c1-4-10-8-13(6-5-11(10)12)7-9(2)14-3/h9-11H,4-8,12H2,1-3H3. The molecule has 3 unspecified atom stereocenters. The number of ether oxygens (including phenoxy) is 1. The minimum atomic E-state index is 0.335. The minimum Gasteiger partial charge on any atom is -0.380 e. The van der Waals surface area contributed by atoms with Crippen molar-refractivity contribution < 1.29 is 4.74 Å². The first kappa shape index (κ1) is 12.0. The summed E-state index contributed by atoms with van der Waals surface area (Å²) < 4.78 is 5.28. The van der Waals surface area contributed by atoms with E-state index in [0.717, 1.165) is 26.1 Å². The Morgan fingerprint density at radius 1 is 1.57 bits per heavy atom. The Balaban J connectivity index is 2.34. The van der Waals surface area contributed by atoms with Crippen LogP contribution in [0.1, 0.15) is 26.7 Å². The van der Waals surface area contributed by atoms with E-state index in [-0.39, 0.29) is 0 Å².